The summed E-state index contributed by atoms with van der Waals surface area (Å²) in [7, 11) is -3.64. The number of nitrogens with zero attached hydrogens (tertiary/aromatic N) is 2. The molecule has 0 bridgehead atoms. The summed E-state index contributed by atoms with van der Waals surface area (Å²) < 4.78 is 32.6. The van der Waals surface area contributed by atoms with Crippen LogP contribution in [0.3, 0.4) is 0 Å². The number of morpholine rings is 1. The topological polar surface area (TPSA) is 104 Å². The van der Waals surface area contributed by atoms with E-state index in [0.29, 0.717) is 43.5 Å². The Morgan fingerprint density at radius 3 is 2.68 bits per heavy atom. The van der Waals surface area contributed by atoms with Crippen LogP contribution >= 0.6 is 0 Å². The lowest BCUT2D eigenvalue weighted by atomic mass is 10.1. The molecule has 0 saturated carbocycles. The molecule has 0 atom stereocenters. The van der Waals surface area contributed by atoms with Gasteiger partial charge in [0.1, 0.15) is 0 Å². The van der Waals surface area contributed by atoms with Gasteiger partial charge in [-0.15, -0.1) is 0 Å². The van der Waals surface area contributed by atoms with Crippen LogP contribution in [0.2, 0.25) is 0 Å². The fourth-order valence-electron chi connectivity index (χ4n) is 3.10. The van der Waals surface area contributed by atoms with Crippen LogP contribution in [0.1, 0.15) is 35.6 Å². The molecule has 0 spiro atoms. The highest BCUT2D eigenvalue weighted by Gasteiger charge is 2.28. The number of carbonyl (C=O) groups excluding carboxylic acids is 1. The van der Waals surface area contributed by atoms with Gasteiger partial charge in [-0.1, -0.05) is 19.9 Å². The van der Waals surface area contributed by atoms with E-state index in [-0.39, 0.29) is 16.5 Å². The molecular weight excluding hydrogens is 380 g/mol. The molecule has 152 valence electrons. The van der Waals surface area contributed by atoms with E-state index in [2.05, 4.69) is 29.4 Å². The van der Waals surface area contributed by atoms with Crippen LogP contribution < -0.4 is 5.32 Å². The fraction of sp³-hybridized carbons (Fsp3) is 0.474. The number of amides is 1. The molecule has 0 aliphatic carbocycles. The molecule has 3 rings (SSSR count). The highest BCUT2D eigenvalue weighted by molar-refractivity contribution is 7.89. The summed E-state index contributed by atoms with van der Waals surface area (Å²) in [6.07, 6.45) is 0.798. The summed E-state index contributed by atoms with van der Waals surface area (Å²) >= 11 is 0. The first-order valence-corrected chi connectivity index (χ1v) is 10.8. The molecule has 1 saturated heterocycles. The summed E-state index contributed by atoms with van der Waals surface area (Å²) in [5, 5.41) is 9.65. The van der Waals surface area contributed by atoms with Crippen molar-refractivity contribution in [3.05, 3.63) is 41.2 Å². The van der Waals surface area contributed by atoms with Gasteiger partial charge in [0.2, 0.25) is 10.0 Å². The van der Waals surface area contributed by atoms with Gasteiger partial charge in [-0.2, -0.15) is 9.40 Å². The Labute approximate surface area is 165 Å². The van der Waals surface area contributed by atoms with Crippen molar-refractivity contribution in [2.45, 2.75) is 32.1 Å². The minimum atomic E-state index is -3.64. The summed E-state index contributed by atoms with van der Waals surface area (Å²) in [4.78, 5) is 12.7. The van der Waals surface area contributed by atoms with Crippen molar-refractivity contribution in [2.75, 3.05) is 31.6 Å². The van der Waals surface area contributed by atoms with Gasteiger partial charge in [-0.25, -0.2) is 8.42 Å². The maximum absolute atomic E-state index is 13.0. The largest absolute Gasteiger partial charge is 0.379 e. The molecule has 0 unspecified atom stereocenters. The number of sulfonamides is 1. The Hall–Kier alpha value is -2.23. The Kier molecular flexibility index (Phi) is 6.17. The highest BCUT2D eigenvalue weighted by Crippen LogP contribution is 2.24. The van der Waals surface area contributed by atoms with Crippen LogP contribution in [-0.2, 0) is 21.2 Å². The number of carbonyl (C=O) groups is 1. The van der Waals surface area contributed by atoms with Crippen LogP contribution in [-0.4, -0.2) is 55.1 Å². The van der Waals surface area contributed by atoms with Crippen molar-refractivity contribution in [3.63, 3.8) is 0 Å². The van der Waals surface area contributed by atoms with E-state index in [1.165, 1.54) is 10.4 Å². The molecular formula is C19H26N4O4S. The molecule has 1 aromatic carbocycles. The average Bonchev–Trinajstić information content (AvgIpc) is 3.12. The van der Waals surface area contributed by atoms with Gasteiger partial charge in [-0.05, 0) is 43.0 Å². The van der Waals surface area contributed by atoms with Crippen molar-refractivity contribution in [2.24, 2.45) is 5.92 Å². The normalized spacial score (nSPS) is 15.7. The zero-order valence-corrected chi connectivity index (χ0v) is 17.2. The number of benzene rings is 1. The first-order chi connectivity index (χ1) is 13.3. The monoisotopic (exact) mass is 406 g/mol. The van der Waals surface area contributed by atoms with Gasteiger partial charge in [0.25, 0.3) is 5.91 Å². The summed E-state index contributed by atoms with van der Waals surface area (Å²) in [6, 6.07) is 6.60. The lowest BCUT2D eigenvalue weighted by Crippen LogP contribution is -2.40. The zero-order chi connectivity index (χ0) is 20.3. The first-order valence-electron chi connectivity index (χ1n) is 9.31. The Balaban J connectivity index is 1.79. The molecule has 8 nitrogen and oxygen atoms in total. The van der Waals surface area contributed by atoms with Crippen molar-refractivity contribution in [1.29, 1.82) is 0 Å². The van der Waals surface area contributed by atoms with E-state index in [4.69, 9.17) is 4.74 Å². The van der Waals surface area contributed by atoms with Crippen molar-refractivity contribution < 1.29 is 17.9 Å². The van der Waals surface area contributed by atoms with Crippen LogP contribution in [0.25, 0.3) is 0 Å². The quantitative estimate of drug-likeness (QED) is 0.765. The SMILES string of the molecule is Cc1ccc(NC(=O)c2cc(CC(C)C)[nH]n2)cc1S(=O)(=O)N1CCOCC1. The minimum absolute atomic E-state index is 0.190. The van der Waals surface area contributed by atoms with Gasteiger partial charge in [0.05, 0.1) is 18.1 Å². The molecule has 0 radical (unpaired) electrons. The standard InChI is InChI=1S/C19H26N4O4S/c1-13(2)10-16-11-17(22-21-16)19(24)20-15-5-4-14(3)18(12-15)28(25,26)23-6-8-27-9-7-23/h4-5,11-13H,6-10H2,1-3H3,(H,20,24)(H,21,22). The predicted octanol–water partition coefficient (Wildman–Crippen LogP) is 2.19. The number of anilines is 1. The predicted molar refractivity (Wildman–Crippen MR) is 106 cm³/mol. The number of ether oxygens (including phenoxy) is 1. The Morgan fingerprint density at radius 2 is 2.00 bits per heavy atom. The van der Waals surface area contributed by atoms with Crippen molar-refractivity contribution >= 4 is 21.6 Å². The van der Waals surface area contributed by atoms with Crippen LogP contribution in [0.5, 0.6) is 0 Å². The molecule has 9 heteroatoms. The van der Waals surface area contributed by atoms with Crippen molar-refractivity contribution in [1.82, 2.24) is 14.5 Å². The number of aromatic amines is 1. The highest BCUT2D eigenvalue weighted by atomic mass is 32.2. The fourth-order valence-corrected chi connectivity index (χ4v) is 4.76. The number of hydrogen-bond acceptors (Lipinski definition) is 5. The van der Waals surface area contributed by atoms with E-state index in [1.807, 2.05) is 0 Å². The number of aryl methyl sites for hydroxylation is 1. The van der Waals surface area contributed by atoms with Gasteiger partial charge in [-0.3, -0.25) is 9.89 Å². The number of nitrogens with one attached hydrogen (secondary N) is 2. The number of hydrogen-bond donors (Lipinski definition) is 2. The molecule has 2 aromatic rings. The summed E-state index contributed by atoms with van der Waals surface area (Å²) in [6.45, 7) is 7.32. The van der Waals surface area contributed by atoms with E-state index < -0.39 is 10.0 Å². The number of H-pyrrole nitrogens is 1. The van der Waals surface area contributed by atoms with Crippen LogP contribution in [0.4, 0.5) is 5.69 Å². The smallest absolute Gasteiger partial charge is 0.276 e. The Morgan fingerprint density at radius 1 is 1.29 bits per heavy atom. The number of aromatic nitrogens is 2. The lowest BCUT2D eigenvalue weighted by Gasteiger charge is -2.26. The maximum atomic E-state index is 13.0. The second-order valence-corrected chi connectivity index (χ2v) is 9.23. The molecule has 1 amide bonds. The third-order valence-corrected chi connectivity index (χ3v) is 6.57. The van der Waals surface area contributed by atoms with Gasteiger partial charge in [0, 0.05) is 24.5 Å². The second-order valence-electron chi connectivity index (χ2n) is 7.33. The third kappa shape index (κ3) is 4.60. The molecule has 28 heavy (non-hydrogen) atoms. The second kappa shape index (κ2) is 8.42. The minimum Gasteiger partial charge on any atom is -0.379 e. The molecule has 1 aliphatic heterocycles. The third-order valence-electron chi connectivity index (χ3n) is 4.53. The van der Waals surface area contributed by atoms with Gasteiger partial charge < -0.3 is 10.1 Å². The summed E-state index contributed by atoms with van der Waals surface area (Å²) in [5.41, 5.74) is 2.20. The molecule has 2 heterocycles. The van der Waals surface area contributed by atoms with Crippen molar-refractivity contribution in [3.8, 4) is 0 Å². The molecule has 2 N–H and O–H groups in total. The lowest BCUT2D eigenvalue weighted by molar-refractivity contribution is 0.0730. The summed E-state index contributed by atoms with van der Waals surface area (Å²) in [5.74, 6) is 0.0613. The van der Waals surface area contributed by atoms with E-state index in [9.17, 15) is 13.2 Å². The zero-order valence-electron chi connectivity index (χ0n) is 16.4. The van der Waals surface area contributed by atoms with E-state index in [0.717, 1.165) is 12.1 Å². The molecule has 1 aliphatic rings. The van der Waals surface area contributed by atoms with Crippen LogP contribution in [0.15, 0.2) is 29.2 Å². The molecule has 1 aromatic heterocycles. The van der Waals surface area contributed by atoms with Crippen LogP contribution in [0, 0.1) is 12.8 Å². The van der Waals surface area contributed by atoms with E-state index >= 15 is 0 Å². The first kappa shape index (κ1) is 20.5. The number of rotatable bonds is 6. The van der Waals surface area contributed by atoms with E-state index in [1.54, 1.807) is 25.1 Å². The Bertz CT molecular complexity index is 947. The average molecular weight is 407 g/mol. The van der Waals surface area contributed by atoms with Gasteiger partial charge >= 0.3 is 0 Å². The molecule has 1 fully saturated rings. The van der Waals surface area contributed by atoms with Gasteiger partial charge in [0.15, 0.2) is 5.69 Å². The maximum Gasteiger partial charge on any atom is 0.276 e.